The number of aliphatic hydroxyl groups excluding tert-OH is 2. The minimum Gasteiger partial charge on any atom is -0.508 e. The van der Waals surface area contributed by atoms with Crippen LogP contribution in [0.5, 0.6) is 5.75 Å². The maximum atomic E-state index is 14.1. The first-order valence-corrected chi connectivity index (χ1v) is 13.4. The minimum absolute atomic E-state index is 0.0485. The number of carbonyl (C=O) groups excluding carboxylic acids is 3. The standard InChI is InChI=1S/C30H35N3O7/c1-6-7-13-8-9-15-16(10-13)24(34)20-17(22(15)32(2)3)11-14-12-18-23(33(4)5)26(36)21(29(31)39)28(38)30(18,40)27(37)19(14)25(20)35/h8-10,14,18,23,34-35,38,40H,6-7,11-12H2,1-5H3,(H2,31,39)/t14-,18-,23-,30-/m0/s1. The van der Waals surface area contributed by atoms with Crippen molar-refractivity contribution in [1.82, 2.24) is 4.90 Å². The van der Waals surface area contributed by atoms with E-state index in [4.69, 9.17) is 5.73 Å². The van der Waals surface area contributed by atoms with Gasteiger partial charge in [0, 0.05) is 42.0 Å². The zero-order valence-electron chi connectivity index (χ0n) is 23.3. The molecule has 0 radical (unpaired) electrons. The third kappa shape index (κ3) is 3.59. The summed E-state index contributed by atoms with van der Waals surface area (Å²) in [4.78, 5) is 42.9. The summed E-state index contributed by atoms with van der Waals surface area (Å²) in [6.45, 7) is 2.05. The van der Waals surface area contributed by atoms with Crippen LogP contribution in [0.3, 0.4) is 0 Å². The van der Waals surface area contributed by atoms with E-state index in [1.807, 2.05) is 37.2 Å². The fourth-order valence-electron chi connectivity index (χ4n) is 7.09. The van der Waals surface area contributed by atoms with E-state index in [-0.39, 0.29) is 29.7 Å². The zero-order valence-corrected chi connectivity index (χ0v) is 23.3. The summed E-state index contributed by atoms with van der Waals surface area (Å²) < 4.78 is 0. The van der Waals surface area contributed by atoms with Crippen LogP contribution < -0.4 is 10.6 Å². The highest BCUT2D eigenvalue weighted by Gasteiger charge is 2.64. The molecule has 2 aromatic carbocycles. The molecule has 6 N–H and O–H groups in total. The van der Waals surface area contributed by atoms with Crippen molar-refractivity contribution in [3.05, 3.63) is 51.8 Å². The Morgan fingerprint density at radius 2 is 1.77 bits per heavy atom. The number of rotatable bonds is 5. The number of aliphatic hydroxyl groups is 3. The number of benzene rings is 2. The van der Waals surface area contributed by atoms with Gasteiger partial charge in [-0.15, -0.1) is 0 Å². The normalized spacial score (nSPS) is 26.2. The summed E-state index contributed by atoms with van der Waals surface area (Å²) in [5.74, 6) is -6.54. The topological polar surface area (TPSA) is 165 Å². The zero-order chi connectivity index (χ0) is 29.4. The van der Waals surface area contributed by atoms with Crippen molar-refractivity contribution in [2.24, 2.45) is 17.6 Å². The molecule has 3 aliphatic carbocycles. The molecular weight excluding hydrogens is 514 g/mol. The fraction of sp³-hybridized carbons (Fsp3) is 0.433. The average Bonchev–Trinajstić information content (AvgIpc) is 2.86. The van der Waals surface area contributed by atoms with Crippen LogP contribution in [0.2, 0.25) is 0 Å². The van der Waals surface area contributed by atoms with Gasteiger partial charge in [-0.3, -0.25) is 19.3 Å². The van der Waals surface area contributed by atoms with E-state index in [2.05, 4.69) is 6.92 Å². The number of aromatic hydroxyl groups is 1. The molecule has 5 rings (SSSR count). The molecule has 0 unspecified atom stereocenters. The van der Waals surface area contributed by atoms with E-state index in [0.717, 1.165) is 29.5 Å². The molecule has 40 heavy (non-hydrogen) atoms. The number of aryl methyl sites for hydroxylation is 1. The number of hydrogen-bond acceptors (Lipinski definition) is 9. The number of Topliss-reactive ketones (excluding diaryl/α,β-unsaturated/α-hetero) is 2. The van der Waals surface area contributed by atoms with Gasteiger partial charge in [0.25, 0.3) is 5.91 Å². The van der Waals surface area contributed by atoms with Gasteiger partial charge in [-0.25, -0.2) is 0 Å². The maximum absolute atomic E-state index is 14.1. The summed E-state index contributed by atoms with van der Waals surface area (Å²) in [6.07, 6.45) is 1.99. The first-order valence-electron chi connectivity index (χ1n) is 13.4. The Morgan fingerprint density at radius 1 is 1.10 bits per heavy atom. The van der Waals surface area contributed by atoms with Crippen LogP contribution in [0.15, 0.2) is 35.1 Å². The number of phenolic OH excluding ortho intramolecular Hbond substituents is 1. The lowest BCUT2D eigenvalue weighted by Gasteiger charge is -2.50. The Balaban J connectivity index is 1.80. The molecule has 0 heterocycles. The van der Waals surface area contributed by atoms with Crippen LogP contribution in [0.25, 0.3) is 16.5 Å². The van der Waals surface area contributed by atoms with Gasteiger partial charge in [0.2, 0.25) is 5.78 Å². The molecule has 1 amide bonds. The summed E-state index contributed by atoms with van der Waals surface area (Å²) in [5, 5.41) is 47.3. The Morgan fingerprint density at radius 3 is 2.35 bits per heavy atom. The number of phenols is 1. The van der Waals surface area contributed by atoms with Crippen molar-refractivity contribution in [2.45, 2.75) is 44.2 Å². The van der Waals surface area contributed by atoms with Crippen LogP contribution in [0, 0.1) is 11.8 Å². The van der Waals surface area contributed by atoms with Crippen LogP contribution in [0.1, 0.15) is 36.5 Å². The molecular formula is C30H35N3O7. The SMILES string of the molecule is CCCc1ccc2c(N(C)C)c3c(c(O)c2c1)C(O)=C1C(=O)[C@]2(O)C(O)=C(C(N)=O)C(=O)[C@@H](N(C)C)[C@@H]2C[C@@H]1C3. The molecule has 0 spiro atoms. The molecule has 4 atom stereocenters. The van der Waals surface area contributed by atoms with E-state index < -0.39 is 58.0 Å². The van der Waals surface area contributed by atoms with Gasteiger partial charge in [0.1, 0.15) is 22.8 Å². The van der Waals surface area contributed by atoms with Crippen molar-refractivity contribution in [3.63, 3.8) is 0 Å². The first kappa shape index (κ1) is 27.7. The minimum atomic E-state index is -2.66. The molecule has 1 saturated carbocycles. The second kappa shape index (κ2) is 9.35. The predicted octanol–water partition coefficient (Wildman–Crippen LogP) is 2.14. The number of nitrogens with zero attached hydrogens (tertiary/aromatic N) is 2. The molecule has 10 nitrogen and oxygen atoms in total. The molecule has 2 aromatic rings. The van der Waals surface area contributed by atoms with Crippen LogP contribution in [0.4, 0.5) is 5.69 Å². The third-order valence-corrected chi connectivity index (χ3v) is 8.72. The van der Waals surface area contributed by atoms with Crippen molar-refractivity contribution >= 4 is 39.7 Å². The monoisotopic (exact) mass is 549 g/mol. The van der Waals surface area contributed by atoms with Gasteiger partial charge in [0.15, 0.2) is 11.4 Å². The molecule has 0 saturated heterocycles. The predicted molar refractivity (Wildman–Crippen MR) is 150 cm³/mol. The van der Waals surface area contributed by atoms with E-state index in [1.54, 1.807) is 14.1 Å². The summed E-state index contributed by atoms with van der Waals surface area (Å²) in [6, 6.07) is 4.72. The fourth-order valence-corrected chi connectivity index (χ4v) is 7.09. The highest BCUT2D eigenvalue weighted by Crippen LogP contribution is 2.55. The number of carbonyl (C=O) groups is 3. The Labute approximate surface area is 232 Å². The Kier molecular flexibility index (Phi) is 6.47. The van der Waals surface area contributed by atoms with E-state index >= 15 is 0 Å². The molecule has 10 heteroatoms. The number of fused-ring (bicyclic) bond motifs is 4. The second-order valence-electron chi connectivity index (χ2n) is 11.5. The van der Waals surface area contributed by atoms with Crippen LogP contribution in [-0.2, 0) is 27.2 Å². The van der Waals surface area contributed by atoms with Crippen LogP contribution >= 0.6 is 0 Å². The lowest BCUT2D eigenvalue weighted by Crippen LogP contribution is -2.65. The van der Waals surface area contributed by atoms with E-state index in [0.29, 0.717) is 10.9 Å². The van der Waals surface area contributed by atoms with Crippen molar-refractivity contribution in [2.75, 3.05) is 33.1 Å². The van der Waals surface area contributed by atoms with Gasteiger partial charge >= 0.3 is 0 Å². The van der Waals surface area contributed by atoms with Gasteiger partial charge in [-0.2, -0.15) is 0 Å². The number of primary amides is 1. The summed E-state index contributed by atoms with van der Waals surface area (Å²) in [7, 11) is 6.88. The summed E-state index contributed by atoms with van der Waals surface area (Å²) in [5.41, 5.74) is 4.29. The number of nitrogens with two attached hydrogens (primary N) is 1. The second-order valence-corrected chi connectivity index (χ2v) is 11.5. The number of ketones is 2. The molecule has 0 bridgehead atoms. The average molecular weight is 550 g/mol. The number of amides is 1. The smallest absolute Gasteiger partial charge is 0.255 e. The Bertz CT molecular complexity index is 1550. The van der Waals surface area contributed by atoms with Gasteiger partial charge in [-0.05, 0) is 56.5 Å². The highest BCUT2D eigenvalue weighted by atomic mass is 16.3. The van der Waals surface area contributed by atoms with Crippen LogP contribution in [-0.4, -0.2) is 82.6 Å². The molecule has 3 aliphatic rings. The van der Waals surface area contributed by atoms with Gasteiger partial charge in [0.05, 0.1) is 11.6 Å². The van der Waals surface area contributed by atoms with Crippen molar-refractivity contribution in [3.8, 4) is 5.75 Å². The van der Waals surface area contributed by atoms with Crippen molar-refractivity contribution < 1.29 is 34.8 Å². The van der Waals surface area contributed by atoms with E-state index in [1.165, 1.54) is 4.90 Å². The first-order chi connectivity index (χ1) is 18.8. The molecule has 212 valence electrons. The number of anilines is 1. The van der Waals surface area contributed by atoms with Gasteiger partial charge in [-0.1, -0.05) is 25.5 Å². The summed E-state index contributed by atoms with van der Waals surface area (Å²) >= 11 is 0. The van der Waals surface area contributed by atoms with Gasteiger partial charge < -0.3 is 31.1 Å². The van der Waals surface area contributed by atoms with E-state index in [9.17, 15) is 34.8 Å². The molecule has 1 fully saturated rings. The number of likely N-dealkylation sites (N-methyl/N-ethyl adjacent to an activating group) is 1. The molecule has 0 aliphatic heterocycles. The van der Waals surface area contributed by atoms with Crippen molar-refractivity contribution in [1.29, 1.82) is 0 Å². The lowest BCUT2D eigenvalue weighted by molar-refractivity contribution is -0.153. The molecule has 0 aromatic heterocycles. The quantitative estimate of drug-likeness (QED) is 0.351. The Hall–Kier alpha value is -3.89. The highest BCUT2D eigenvalue weighted by molar-refractivity contribution is 6.24. The number of hydrogen-bond donors (Lipinski definition) is 5. The largest absolute Gasteiger partial charge is 0.508 e. The lowest BCUT2D eigenvalue weighted by atomic mass is 9.57. The maximum Gasteiger partial charge on any atom is 0.255 e. The third-order valence-electron chi connectivity index (χ3n) is 8.72.